The molecule has 8 heterocycles. The van der Waals surface area contributed by atoms with Crippen LogP contribution in [0.5, 0.6) is 23.0 Å². The number of benzene rings is 8. The Labute approximate surface area is 866 Å². The minimum Gasteiger partial charge on any atom is -1.00 e. The number of hydrogen-bond acceptors (Lipinski definition) is 18. The third kappa shape index (κ3) is 26.3. The van der Waals surface area contributed by atoms with Crippen molar-refractivity contribution in [3.05, 3.63) is 273 Å². The molecule has 17 rings (SSSR count). The number of ether oxygens (including phenoxy) is 4. The summed E-state index contributed by atoms with van der Waals surface area (Å²) in [5.41, 5.74) is -1.80. The van der Waals surface area contributed by atoms with E-state index in [2.05, 4.69) is 67.9 Å². The molecule has 1 fully saturated rings. The van der Waals surface area contributed by atoms with Crippen LogP contribution in [0.25, 0.3) is 0 Å². The molecule has 734 valence electrons. The van der Waals surface area contributed by atoms with Crippen LogP contribution in [0.2, 0.25) is 40.2 Å². The number of rotatable bonds is 18. The maximum absolute atomic E-state index is 13.7. The van der Waals surface area contributed by atoms with Crippen molar-refractivity contribution in [2.45, 2.75) is 137 Å². The van der Waals surface area contributed by atoms with Crippen LogP contribution in [-0.4, -0.2) is 140 Å². The zero-order chi connectivity index (χ0) is 101. The first-order valence-corrected chi connectivity index (χ1v) is 47.6. The maximum atomic E-state index is 13.7. The van der Waals surface area contributed by atoms with E-state index in [1.807, 2.05) is 0 Å². The Morgan fingerprint density at radius 3 is 0.914 bits per heavy atom. The number of carbonyl (C=O) groups is 4. The number of hydrogen-bond donors (Lipinski definition) is 1. The molecule has 1 saturated carbocycles. The molecule has 0 saturated heterocycles. The van der Waals surface area contributed by atoms with Gasteiger partial charge in [-0.05, 0) is 194 Å². The molecule has 1 aliphatic carbocycles. The Balaban J connectivity index is 0.000000185. The number of nitrogens with zero attached hydrogens (tertiary/aromatic N) is 12. The van der Waals surface area contributed by atoms with Gasteiger partial charge in [0.1, 0.15) is 48.9 Å². The summed E-state index contributed by atoms with van der Waals surface area (Å²) in [5, 5.41) is 1.30. The number of halogens is 23. The van der Waals surface area contributed by atoms with Crippen molar-refractivity contribution in [2.24, 2.45) is 0 Å². The fourth-order valence-corrected chi connectivity index (χ4v) is 20.2. The van der Waals surface area contributed by atoms with Gasteiger partial charge in [-0.3, -0.25) is 37.4 Å². The molecule has 12 aromatic rings. The van der Waals surface area contributed by atoms with Gasteiger partial charge in [0.25, 0.3) is 32.7 Å². The van der Waals surface area contributed by atoms with Crippen molar-refractivity contribution in [2.75, 3.05) is 19.6 Å². The summed E-state index contributed by atoms with van der Waals surface area (Å²) in [6.07, 6.45) is -4.27. The molecular formula is C85H63Cl10F12IMgN12O15S3. The summed E-state index contributed by atoms with van der Waals surface area (Å²) in [6, 6.07) is 38.7. The van der Waals surface area contributed by atoms with E-state index < -0.39 is 112 Å². The van der Waals surface area contributed by atoms with E-state index in [0.717, 1.165) is 54.7 Å². The Kier molecular flexibility index (Phi) is 35.4. The molecular weight excluding hydrogens is 2260 g/mol. The van der Waals surface area contributed by atoms with Gasteiger partial charge in [-0.15, -0.1) is 52.7 Å². The van der Waals surface area contributed by atoms with Gasteiger partial charge in [-0.1, -0.05) is 154 Å². The number of alkyl halides is 12. The monoisotopic (exact) mass is 2320 g/mol. The van der Waals surface area contributed by atoms with Crippen molar-refractivity contribution >= 4 is 250 Å². The third-order valence-corrected chi connectivity index (χ3v) is 25.6. The first kappa shape index (κ1) is 112. The van der Waals surface area contributed by atoms with Crippen LogP contribution >= 0.6 is 126 Å². The summed E-state index contributed by atoms with van der Waals surface area (Å²) >= 11 is 50.1. The molecule has 0 unspecified atom stereocenters. The van der Waals surface area contributed by atoms with Crippen LogP contribution in [0.15, 0.2) is 211 Å². The van der Waals surface area contributed by atoms with Crippen LogP contribution in [0.1, 0.15) is 75.6 Å². The Morgan fingerprint density at radius 2 is 0.647 bits per heavy atom. The minimum absolute atomic E-state index is 0. The third-order valence-electron chi connectivity index (χ3n) is 21.0. The standard InChI is InChI=1S/C20H13Cl3F3N3O4S.C20H13Cl2F3IN3O2.C20H14Cl2F3N3O5S.C20H14Cl2F3N3O2.C5H9.ClH.Mg.O2S/c1-19(9-11-2-4-15(5-3-11)33-20(24,25)26)17(30)28(14-7-12(21)6-13(22)8-14)18-27-10-16(29(18)19)34(23,31)32;1-19(9-11-2-4-15(5-3-11)31-20(23,24)25)17(30)28(18-27-10-16(26)29(18)19)14-7-12(21)6-13(22)8-14;1-19(9-11-2-4-15(5-3-11)33-20(23,24)25)17(29)27(14-7-12(21)6-13(22)8-14)18-26-10-16(28(18)19)34(30,31)32;1-19(11-12-2-4-16(5-3-12)30-20(23,24)25)17(29)28(18-26-6-7-27(18)19)15-9-13(21)8-14(22)10-15;1-2-4-5-3-1;;;1-3-2/h2-8,10H,9H2,1H3;2-8,10H,9H2,1H3;2-8,10H,9H2,1H3,(H,30,31,32);2-10H,11H2,1H3;1H,2-5H2;1H;;/q;;;;-1;;+2;/p-1/t4*19-;;;;/m1111..../s1. The predicted molar refractivity (Wildman–Crippen MR) is 498 cm³/mol. The van der Waals surface area contributed by atoms with Gasteiger partial charge in [0.2, 0.25) is 23.8 Å². The first-order chi connectivity index (χ1) is 63.8. The molecule has 1 N–H and O–H groups in total. The van der Waals surface area contributed by atoms with E-state index in [1.165, 1.54) is 163 Å². The number of imidazole rings is 4. The van der Waals surface area contributed by atoms with Gasteiger partial charge < -0.3 is 42.3 Å². The molecule has 0 bridgehead atoms. The SMILES string of the molecule is C[C@@]1(Cc2ccc(OC(F)(F)F)cc2)C(=O)N(c2cc(Cl)cc(Cl)c2)c2ncc(I)n21.C[C@@]1(Cc2ccc(OC(F)(F)F)cc2)C(=O)N(c2cc(Cl)cc(Cl)c2)c2ncc(S(=O)(=O)Cl)n21.C[C@@]1(Cc2ccc(OC(F)(F)F)cc2)C(=O)N(c2cc(Cl)cc(Cl)c2)c2ncc(S(=O)(=O)O)n21.C[C@@]1(Cc2ccc(OC(F)(F)F)cc2)C(=O)N(c2cc(Cl)cc(Cl)c2)c2nccn21.O=S=O.[CH-]1CCCC1.[Cl-].[Mg+2]. The molecule has 4 amide bonds. The molecule has 27 nitrogen and oxygen atoms in total. The summed E-state index contributed by atoms with van der Waals surface area (Å²) in [6.45, 7) is 6.39. The number of aromatic nitrogens is 8. The van der Waals surface area contributed by atoms with Crippen molar-refractivity contribution in [1.82, 2.24) is 38.2 Å². The van der Waals surface area contributed by atoms with Crippen LogP contribution < -0.4 is 51.0 Å². The van der Waals surface area contributed by atoms with Crippen LogP contribution in [-0.2, 0) is 97.8 Å². The second kappa shape index (κ2) is 44.0. The van der Waals surface area contributed by atoms with E-state index in [1.54, 1.807) is 78.0 Å². The molecule has 4 aromatic heterocycles. The second-order valence-electron chi connectivity index (χ2n) is 31.0. The summed E-state index contributed by atoms with van der Waals surface area (Å²) in [7, 11) is -3.52. The zero-order valence-corrected chi connectivity index (χ0v) is 84.5. The van der Waals surface area contributed by atoms with E-state index in [-0.39, 0.29) is 128 Å². The smallest absolute Gasteiger partial charge is 1.00 e. The maximum Gasteiger partial charge on any atom is 2.00 e. The summed E-state index contributed by atoms with van der Waals surface area (Å²) in [5.74, 6) is -2.64. The fourth-order valence-electron chi connectivity index (χ4n) is 15.5. The van der Waals surface area contributed by atoms with Gasteiger partial charge in [-0.2, -0.15) is 29.7 Å². The van der Waals surface area contributed by atoms with Crippen molar-refractivity contribution in [3.63, 3.8) is 0 Å². The van der Waals surface area contributed by atoms with Crippen molar-refractivity contribution in [3.8, 4) is 23.0 Å². The number of anilines is 8. The second-order valence-corrected chi connectivity index (χ2v) is 39.6. The topological polar surface area (TPSA) is 312 Å². The molecule has 0 radical (unpaired) electrons. The predicted octanol–water partition coefficient (Wildman–Crippen LogP) is 20.4. The number of carbonyl (C=O) groups excluding carboxylic acids is 4. The molecule has 54 heteroatoms. The van der Waals surface area contributed by atoms with E-state index in [9.17, 15) is 93.3 Å². The number of amides is 4. The summed E-state index contributed by atoms with van der Waals surface area (Å²) in [4.78, 5) is 76.3. The average Bonchev–Trinajstić information content (AvgIpc) is 1.56. The van der Waals surface area contributed by atoms with Gasteiger partial charge >= 0.3 is 70.2 Å². The van der Waals surface area contributed by atoms with Gasteiger partial charge in [0.15, 0.2) is 10.1 Å². The van der Waals surface area contributed by atoms with E-state index >= 15 is 0 Å². The first-order valence-electron chi connectivity index (χ1n) is 39.0. The average molecular weight is 2320 g/mol. The van der Waals surface area contributed by atoms with Gasteiger partial charge in [0, 0.05) is 88.9 Å². The van der Waals surface area contributed by atoms with Crippen LogP contribution in [0.4, 0.5) is 99.2 Å². The molecule has 4 aliphatic heterocycles. The largest absolute Gasteiger partial charge is 2.00 e. The van der Waals surface area contributed by atoms with Crippen molar-refractivity contribution in [1.29, 1.82) is 0 Å². The Hall–Kier alpha value is -9.08. The molecule has 8 aromatic carbocycles. The Bertz CT molecular complexity index is 6580. The molecule has 0 spiro atoms. The molecule has 5 aliphatic rings. The quantitative estimate of drug-likeness (QED) is 0.0208. The van der Waals surface area contributed by atoms with E-state index in [0.29, 0.717) is 65.6 Å². The van der Waals surface area contributed by atoms with Crippen LogP contribution in [0.3, 0.4) is 0 Å². The normalized spacial score (nSPS) is 18.0. The zero-order valence-electron chi connectivity index (χ0n) is 70.9. The van der Waals surface area contributed by atoms with Crippen LogP contribution in [0, 0.1) is 10.1 Å². The number of fused-ring (bicyclic) bond motifs is 4. The Morgan fingerprint density at radius 1 is 0.403 bits per heavy atom. The van der Waals surface area contributed by atoms with Crippen molar-refractivity contribution < 1.29 is 133 Å². The van der Waals surface area contributed by atoms with E-state index in [4.69, 9.17) is 112 Å². The summed E-state index contributed by atoms with van der Waals surface area (Å²) < 4.78 is 246. The fraction of sp³-hybridized carbons (Fsp3) is 0.235. The molecule has 139 heavy (non-hydrogen) atoms. The minimum atomic E-state index is -4.87. The van der Waals surface area contributed by atoms with Gasteiger partial charge in [0.05, 0.1) is 41.3 Å². The van der Waals surface area contributed by atoms with Gasteiger partial charge in [-0.25, -0.2) is 48.0 Å². The molecule has 4 atom stereocenters.